The van der Waals surface area contributed by atoms with Crippen molar-refractivity contribution in [3.8, 4) is 0 Å². The van der Waals surface area contributed by atoms with Gasteiger partial charge in [-0.15, -0.1) is 0 Å². The van der Waals surface area contributed by atoms with Gasteiger partial charge < -0.3 is 10.2 Å². The topological polar surface area (TPSA) is 45.2 Å². The average molecular weight is 334 g/mol. The van der Waals surface area contributed by atoms with Gasteiger partial charge in [0.15, 0.2) is 0 Å². The number of hydrogen-bond donors (Lipinski definition) is 1. The van der Waals surface area contributed by atoms with Crippen LogP contribution >= 0.6 is 11.8 Å². The Morgan fingerprint density at radius 2 is 2.22 bits per heavy atom. The number of amides is 2. The van der Waals surface area contributed by atoms with Gasteiger partial charge in [-0.05, 0) is 50.0 Å². The third-order valence-corrected chi connectivity index (χ3v) is 5.90. The number of urea groups is 1. The summed E-state index contributed by atoms with van der Waals surface area (Å²) in [6.45, 7) is 2.84. The maximum atomic E-state index is 12.7. The lowest BCUT2D eigenvalue weighted by molar-refractivity contribution is 0.184. The van der Waals surface area contributed by atoms with E-state index in [1.165, 1.54) is 18.6 Å². The Hall–Kier alpha value is -1.23. The molecule has 2 aliphatic rings. The van der Waals surface area contributed by atoms with Gasteiger partial charge in [0.1, 0.15) is 0 Å². The Morgan fingerprint density at radius 1 is 1.35 bits per heavy atom. The Morgan fingerprint density at radius 3 is 2.91 bits per heavy atom. The van der Waals surface area contributed by atoms with Crippen LogP contribution in [0.15, 0.2) is 24.4 Å². The van der Waals surface area contributed by atoms with Crippen LogP contribution in [0.5, 0.6) is 0 Å². The summed E-state index contributed by atoms with van der Waals surface area (Å²) < 4.78 is 0. The second-order valence-electron chi connectivity index (χ2n) is 6.57. The maximum absolute atomic E-state index is 12.7. The SMILES string of the molecule is CCS[C@@H]1CCC[C@@H](NC(=O)N(Cc2ccccn2)C2CC2)C1. The normalized spacial score (nSPS) is 24.2. The molecule has 3 rings (SSSR count). The molecule has 5 heteroatoms. The smallest absolute Gasteiger partial charge is 0.318 e. The van der Waals surface area contributed by atoms with E-state index in [-0.39, 0.29) is 6.03 Å². The Balaban J connectivity index is 1.56. The summed E-state index contributed by atoms with van der Waals surface area (Å²) in [4.78, 5) is 19.1. The van der Waals surface area contributed by atoms with Crippen molar-refractivity contribution in [3.05, 3.63) is 30.1 Å². The highest BCUT2D eigenvalue weighted by atomic mass is 32.2. The number of nitrogens with zero attached hydrogens (tertiary/aromatic N) is 2. The lowest BCUT2D eigenvalue weighted by Crippen LogP contribution is -2.47. The Kier molecular flexibility index (Phi) is 5.81. The molecule has 0 spiro atoms. The van der Waals surface area contributed by atoms with E-state index in [1.54, 1.807) is 6.20 Å². The quantitative estimate of drug-likeness (QED) is 0.861. The monoisotopic (exact) mass is 333 g/mol. The molecule has 1 aromatic heterocycles. The first-order chi connectivity index (χ1) is 11.3. The molecule has 2 amide bonds. The predicted molar refractivity (Wildman–Crippen MR) is 95.5 cm³/mol. The lowest BCUT2D eigenvalue weighted by atomic mass is 9.95. The number of aromatic nitrogens is 1. The van der Waals surface area contributed by atoms with E-state index < -0.39 is 0 Å². The van der Waals surface area contributed by atoms with E-state index in [0.29, 0.717) is 23.9 Å². The van der Waals surface area contributed by atoms with Crippen LogP contribution in [0.2, 0.25) is 0 Å². The summed E-state index contributed by atoms with van der Waals surface area (Å²) in [5.74, 6) is 1.17. The molecule has 1 heterocycles. The highest BCUT2D eigenvalue weighted by Crippen LogP contribution is 2.30. The maximum Gasteiger partial charge on any atom is 0.318 e. The molecule has 0 saturated heterocycles. The lowest BCUT2D eigenvalue weighted by Gasteiger charge is -2.31. The molecule has 0 aromatic carbocycles. The minimum Gasteiger partial charge on any atom is -0.335 e. The van der Waals surface area contributed by atoms with Crippen LogP contribution in [0.3, 0.4) is 0 Å². The molecule has 2 aliphatic carbocycles. The van der Waals surface area contributed by atoms with Crippen molar-refractivity contribution < 1.29 is 4.79 Å². The van der Waals surface area contributed by atoms with Crippen molar-refractivity contribution in [2.75, 3.05) is 5.75 Å². The van der Waals surface area contributed by atoms with E-state index in [4.69, 9.17) is 0 Å². The van der Waals surface area contributed by atoms with Gasteiger partial charge in [-0.3, -0.25) is 4.98 Å². The summed E-state index contributed by atoms with van der Waals surface area (Å²) >= 11 is 2.04. The second-order valence-corrected chi connectivity index (χ2v) is 8.15. The molecular weight excluding hydrogens is 306 g/mol. The molecule has 2 atom stereocenters. The predicted octanol–water partition coefficient (Wildman–Crippen LogP) is 3.82. The third kappa shape index (κ3) is 4.87. The fourth-order valence-electron chi connectivity index (χ4n) is 3.34. The fourth-order valence-corrected chi connectivity index (χ4v) is 4.51. The third-order valence-electron chi connectivity index (χ3n) is 4.66. The Labute approximate surface area is 143 Å². The molecule has 1 N–H and O–H groups in total. The van der Waals surface area contributed by atoms with E-state index in [0.717, 1.165) is 31.4 Å². The summed E-state index contributed by atoms with van der Waals surface area (Å²) in [5.41, 5.74) is 0.970. The molecular formula is C18H27N3OS. The first-order valence-corrected chi connectivity index (χ1v) is 9.89. The molecule has 4 nitrogen and oxygen atoms in total. The molecule has 0 radical (unpaired) electrons. The van der Waals surface area contributed by atoms with Crippen molar-refractivity contribution >= 4 is 17.8 Å². The van der Waals surface area contributed by atoms with E-state index >= 15 is 0 Å². The minimum atomic E-state index is 0.102. The number of rotatable bonds is 6. The van der Waals surface area contributed by atoms with Crippen molar-refractivity contribution in [3.63, 3.8) is 0 Å². The molecule has 0 bridgehead atoms. The number of carbonyl (C=O) groups excluding carboxylic acids is 1. The molecule has 2 saturated carbocycles. The molecule has 2 fully saturated rings. The van der Waals surface area contributed by atoms with Gasteiger partial charge in [0, 0.05) is 23.5 Å². The molecule has 23 heavy (non-hydrogen) atoms. The van der Waals surface area contributed by atoms with E-state index in [9.17, 15) is 4.79 Å². The Bertz CT molecular complexity index is 504. The molecule has 0 aliphatic heterocycles. The van der Waals surface area contributed by atoms with Crippen LogP contribution in [0.25, 0.3) is 0 Å². The van der Waals surface area contributed by atoms with Crippen LogP contribution in [0.4, 0.5) is 4.79 Å². The highest BCUT2D eigenvalue weighted by Gasteiger charge is 2.34. The van der Waals surface area contributed by atoms with Gasteiger partial charge in [-0.2, -0.15) is 11.8 Å². The van der Waals surface area contributed by atoms with E-state index in [1.807, 2.05) is 34.9 Å². The van der Waals surface area contributed by atoms with Crippen LogP contribution in [0.1, 0.15) is 51.1 Å². The first-order valence-electron chi connectivity index (χ1n) is 8.85. The number of pyridine rings is 1. The largest absolute Gasteiger partial charge is 0.335 e. The van der Waals surface area contributed by atoms with Crippen LogP contribution < -0.4 is 5.32 Å². The number of nitrogens with one attached hydrogen (secondary N) is 1. The molecule has 1 aromatic rings. The average Bonchev–Trinajstić information content (AvgIpc) is 3.39. The summed E-state index contributed by atoms with van der Waals surface area (Å²) in [6.07, 6.45) is 8.81. The van der Waals surface area contributed by atoms with Crippen LogP contribution in [-0.4, -0.2) is 39.0 Å². The number of thioether (sulfide) groups is 1. The van der Waals surface area contributed by atoms with Crippen molar-refractivity contribution in [2.45, 2.75) is 69.3 Å². The van der Waals surface area contributed by atoms with Gasteiger partial charge in [-0.1, -0.05) is 19.4 Å². The zero-order valence-electron chi connectivity index (χ0n) is 13.9. The van der Waals surface area contributed by atoms with Crippen molar-refractivity contribution in [1.29, 1.82) is 0 Å². The van der Waals surface area contributed by atoms with Crippen molar-refractivity contribution in [1.82, 2.24) is 15.2 Å². The summed E-state index contributed by atoms with van der Waals surface area (Å²) in [5, 5.41) is 4.01. The number of hydrogen-bond acceptors (Lipinski definition) is 3. The first kappa shape index (κ1) is 16.6. The zero-order valence-corrected chi connectivity index (χ0v) is 14.7. The van der Waals surface area contributed by atoms with Gasteiger partial charge >= 0.3 is 6.03 Å². The highest BCUT2D eigenvalue weighted by molar-refractivity contribution is 7.99. The van der Waals surface area contributed by atoms with Gasteiger partial charge in [0.2, 0.25) is 0 Å². The molecule has 126 valence electrons. The number of carbonyl (C=O) groups is 1. The zero-order chi connectivity index (χ0) is 16.1. The van der Waals surface area contributed by atoms with Crippen molar-refractivity contribution in [2.24, 2.45) is 0 Å². The van der Waals surface area contributed by atoms with E-state index in [2.05, 4.69) is 17.2 Å². The van der Waals surface area contributed by atoms with Gasteiger partial charge in [0.05, 0.1) is 12.2 Å². The second kappa shape index (κ2) is 8.04. The van der Waals surface area contributed by atoms with Crippen LogP contribution in [-0.2, 0) is 6.54 Å². The van der Waals surface area contributed by atoms with Gasteiger partial charge in [0.25, 0.3) is 0 Å². The fraction of sp³-hybridized carbons (Fsp3) is 0.667. The summed E-state index contributed by atoms with van der Waals surface area (Å²) in [6, 6.07) is 6.74. The minimum absolute atomic E-state index is 0.102. The summed E-state index contributed by atoms with van der Waals surface area (Å²) in [7, 11) is 0. The van der Waals surface area contributed by atoms with Crippen LogP contribution in [0, 0.1) is 0 Å². The molecule has 0 unspecified atom stereocenters. The van der Waals surface area contributed by atoms with Gasteiger partial charge in [-0.25, -0.2) is 4.79 Å². The standard InChI is InChI=1S/C18H27N3OS/c1-2-23-17-8-5-7-14(12-17)20-18(22)21(16-9-10-16)13-15-6-3-4-11-19-15/h3-4,6,11,14,16-17H,2,5,7-10,12-13H2,1H3,(H,20,22)/t14-,17-/m1/s1.